The van der Waals surface area contributed by atoms with Gasteiger partial charge in [0.15, 0.2) is 9.84 Å². The van der Waals surface area contributed by atoms with E-state index in [0.29, 0.717) is 12.3 Å². The second-order valence-electron chi connectivity index (χ2n) is 6.26. The minimum atomic E-state index is -3.07. The molecule has 2 fully saturated rings. The van der Waals surface area contributed by atoms with E-state index in [4.69, 9.17) is 5.73 Å². The highest BCUT2D eigenvalue weighted by Gasteiger charge is 2.47. The fraction of sp³-hybridized carbons (Fsp3) is 0.600. The Bertz CT molecular complexity index is 609. The molecule has 1 aliphatic carbocycles. The Labute approximate surface area is 119 Å². The summed E-state index contributed by atoms with van der Waals surface area (Å²) in [6, 6.07) is 7.91. The number of hydrogen-bond acceptors (Lipinski definition) is 4. The highest BCUT2D eigenvalue weighted by atomic mass is 32.2. The molecule has 1 aliphatic heterocycles. The zero-order valence-corrected chi connectivity index (χ0v) is 12.3. The molecule has 1 saturated heterocycles. The Kier molecular flexibility index (Phi) is 3.39. The topological polar surface area (TPSA) is 80.4 Å². The van der Waals surface area contributed by atoms with Gasteiger partial charge in [-0.25, -0.2) is 8.42 Å². The summed E-state index contributed by atoms with van der Waals surface area (Å²) in [5, 5.41) is 10.7. The zero-order valence-electron chi connectivity index (χ0n) is 11.5. The van der Waals surface area contributed by atoms with Crippen molar-refractivity contribution >= 4 is 9.84 Å². The summed E-state index contributed by atoms with van der Waals surface area (Å²) in [7, 11) is -3.07. The fourth-order valence-corrected chi connectivity index (χ4v) is 5.34. The molecule has 0 radical (unpaired) electrons. The zero-order chi connectivity index (χ0) is 14.4. The number of rotatable bonds is 4. The molecule has 4 nitrogen and oxygen atoms in total. The summed E-state index contributed by atoms with van der Waals surface area (Å²) >= 11 is 0. The summed E-state index contributed by atoms with van der Waals surface area (Å²) in [5.74, 6) is 0.734. The van der Waals surface area contributed by atoms with Gasteiger partial charge in [0.1, 0.15) is 0 Å². The number of hydrogen-bond donors (Lipinski definition) is 2. The van der Waals surface area contributed by atoms with Crippen molar-refractivity contribution < 1.29 is 13.5 Å². The molecule has 0 spiro atoms. The summed E-state index contributed by atoms with van der Waals surface area (Å²) in [6.07, 6.45) is 2.05. The molecular formula is C15H21NO3S. The van der Waals surface area contributed by atoms with Crippen molar-refractivity contribution in [3.63, 3.8) is 0 Å². The SMILES string of the molecule is NCC1(C(O)c2cccc(C3CC3)c2)CCS(=O)(=O)C1. The van der Waals surface area contributed by atoms with E-state index in [9.17, 15) is 13.5 Å². The maximum absolute atomic E-state index is 11.8. The monoisotopic (exact) mass is 295 g/mol. The molecule has 0 amide bonds. The molecule has 2 atom stereocenters. The first-order valence-corrected chi connectivity index (χ1v) is 8.96. The first-order chi connectivity index (χ1) is 9.46. The second-order valence-corrected chi connectivity index (χ2v) is 8.44. The lowest BCUT2D eigenvalue weighted by molar-refractivity contribution is 0.0471. The highest BCUT2D eigenvalue weighted by Crippen LogP contribution is 2.45. The minimum Gasteiger partial charge on any atom is -0.388 e. The van der Waals surface area contributed by atoms with E-state index in [0.717, 1.165) is 5.56 Å². The van der Waals surface area contributed by atoms with Gasteiger partial charge < -0.3 is 10.8 Å². The van der Waals surface area contributed by atoms with E-state index in [-0.39, 0.29) is 18.1 Å². The molecule has 0 bridgehead atoms. The third-order valence-electron chi connectivity index (χ3n) is 4.68. The van der Waals surface area contributed by atoms with Crippen molar-refractivity contribution in [2.45, 2.75) is 31.3 Å². The van der Waals surface area contributed by atoms with Crippen LogP contribution < -0.4 is 5.73 Å². The van der Waals surface area contributed by atoms with Crippen LogP contribution in [0.2, 0.25) is 0 Å². The Morgan fingerprint density at radius 3 is 2.70 bits per heavy atom. The number of aliphatic hydroxyl groups is 1. The lowest BCUT2D eigenvalue weighted by Gasteiger charge is -2.32. The van der Waals surface area contributed by atoms with Crippen molar-refractivity contribution in [1.82, 2.24) is 0 Å². The van der Waals surface area contributed by atoms with Crippen LogP contribution in [0.1, 0.15) is 42.4 Å². The normalized spacial score (nSPS) is 30.3. The summed E-state index contributed by atoms with van der Waals surface area (Å²) in [4.78, 5) is 0. The van der Waals surface area contributed by atoms with Crippen molar-refractivity contribution in [2.24, 2.45) is 11.1 Å². The maximum Gasteiger partial charge on any atom is 0.151 e. The van der Waals surface area contributed by atoms with Gasteiger partial charge in [-0.1, -0.05) is 24.3 Å². The van der Waals surface area contributed by atoms with Crippen LogP contribution >= 0.6 is 0 Å². The quantitative estimate of drug-likeness (QED) is 0.879. The average molecular weight is 295 g/mol. The number of sulfone groups is 1. The van der Waals surface area contributed by atoms with Crippen molar-refractivity contribution in [2.75, 3.05) is 18.1 Å². The van der Waals surface area contributed by atoms with Crippen LogP contribution in [0.5, 0.6) is 0 Å². The standard InChI is InChI=1S/C15H21NO3S/c16-9-15(6-7-20(18,19)10-15)14(17)13-3-1-2-12(8-13)11-4-5-11/h1-3,8,11,14,17H,4-7,9-10,16H2. The van der Waals surface area contributed by atoms with E-state index < -0.39 is 21.4 Å². The van der Waals surface area contributed by atoms with Gasteiger partial charge in [0.05, 0.1) is 17.6 Å². The lowest BCUT2D eigenvalue weighted by atomic mass is 9.78. The highest BCUT2D eigenvalue weighted by molar-refractivity contribution is 7.91. The third-order valence-corrected chi connectivity index (χ3v) is 6.52. The molecule has 20 heavy (non-hydrogen) atoms. The Morgan fingerprint density at radius 1 is 1.40 bits per heavy atom. The van der Waals surface area contributed by atoms with Crippen LogP contribution in [0.15, 0.2) is 24.3 Å². The molecule has 3 rings (SSSR count). The average Bonchev–Trinajstić information content (AvgIpc) is 3.23. The van der Waals surface area contributed by atoms with E-state index >= 15 is 0 Å². The Hall–Kier alpha value is -0.910. The Balaban J connectivity index is 1.90. The number of aliphatic hydroxyl groups excluding tert-OH is 1. The van der Waals surface area contributed by atoms with Crippen LogP contribution in [0.4, 0.5) is 0 Å². The smallest absolute Gasteiger partial charge is 0.151 e. The minimum absolute atomic E-state index is 0.00861. The van der Waals surface area contributed by atoms with Gasteiger partial charge in [-0.2, -0.15) is 0 Å². The molecule has 1 heterocycles. The van der Waals surface area contributed by atoms with Crippen molar-refractivity contribution in [1.29, 1.82) is 0 Å². The van der Waals surface area contributed by atoms with E-state index in [1.165, 1.54) is 18.4 Å². The van der Waals surface area contributed by atoms with Crippen LogP contribution in [-0.4, -0.2) is 31.6 Å². The predicted molar refractivity (Wildman–Crippen MR) is 78.1 cm³/mol. The predicted octanol–water partition coefficient (Wildman–Crippen LogP) is 1.36. The van der Waals surface area contributed by atoms with Crippen LogP contribution in [-0.2, 0) is 9.84 Å². The molecule has 1 aromatic rings. The molecule has 0 aromatic heterocycles. The molecule has 1 saturated carbocycles. The van der Waals surface area contributed by atoms with Gasteiger partial charge >= 0.3 is 0 Å². The van der Waals surface area contributed by atoms with Crippen molar-refractivity contribution in [3.8, 4) is 0 Å². The summed E-state index contributed by atoms with van der Waals surface area (Å²) in [6.45, 7) is 0.195. The van der Waals surface area contributed by atoms with Gasteiger partial charge in [0.2, 0.25) is 0 Å². The third kappa shape index (κ3) is 2.50. The molecule has 5 heteroatoms. The van der Waals surface area contributed by atoms with Gasteiger partial charge in [0.25, 0.3) is 0 Å². The van der Waals surface area contributed by atoms with Gasteiger partial charge in [-0.05, 0) is 36.3 Å². The van der Waals surface area contributed by atoms with Crippen molar-refractivity contribution in [3.05, 3.63) is 35.4 Å². The Morgan fingerprint density at radius 2 is 2.15 bits per heavy atom. The largest absolute Gasteiger partial charge is 0.388 e. The first-order valence-electron chi connectivity index (χ1n) is 7.14. The van der Waals surface area contributed by atoms with E-state index in [1.807, 2.05) is 18.2 Å². The molecule has 2 unspecified atom stereocenters. The number of nitrogens with two attached hydrogens (primary N) is 1. The fourth-order valence-electron chi connectivity index (χ4n) is 3.18. The molecule has 1 aromatic carbocycles. The second kappa shape index (κ2) is 4.83. The summed E-state index contributed by atoms with van der Waals surface area (Å²) < 4.78 is 23.5. The molecule has 3 N–H and O–H groups in total. The van der Waals surface area contributed by atoms with Crippen LogP contribution in [0.25, 0.3) is 0 Å². The van der Waals surface area contributed by atoms with Gasteiger partial charge in [-0.15, -0.1) is 0 Å². The number of benzene rings is 1. The molecule has 2 aliphatic rings. The summed E-state index contributed by atoms with van der Waals surface area (Å²) in [5.41, 5.74) is 7.14. The van der Waals surface area contributed by atoms with Crippen LogP contribution in [0, 0.1) is 5.41 Å². The maximum atomic E-state index is 11.8. The lowest BCUT2D eigenvalue weighted by Crippen LogP contribution is -2.38. The van der Waals surface area contributed by atoms with E-state index in [2.05, 4.69) is 6.07 Å². The van der Waals surface area contributed by atoms with Crippen LogP contribution in [0.3, 0.4) is 0 Å². The molecule has 110 valence electrons. The van der Waals surface area contributed by atoms with E-state index in [1.54, 1.807) is 0 Å². The van der Waals surface area contributed by atoms with Gasteiger partial charge in [0, 0.05) is 12.0 Å². The van der Waals surface area contributed by atoms with Gasteiger partial charge in [-0.3, -0.25) is 0 Å². The first kappa shape index (κ1) is 14.0. The molecular weight excluding hydrogens is 274 g/mol.